The van der Waals surface area contributed by atoms with E-state index >= 15 is 0 Å². The SMILES string of the molecule is [2H]C(F)(F)c1cc2cnc(NC3CCN(S(C)(=O)=O)CC3)nc2n(C2CCCC2(O)C([2H])([2H])[2H])c1=O. The van der Waals surface area contributed by atoms with Gasteiger partial charge in [0.05, 0.1) is 23.5 Å². The van der Waals surface area contributed by atoms with Crippen molar-refractivity contribution in [3.63, 3.8) is 0 Å². The van der Waals surface area contributed by atoms with E-state index < -0.39 is 46.0 Å². The van der Waals surface area contributed by atoms with Gasteiger partial charge in [-0.25, -0.2) is 26.5 Å². The van der Waals surface area contributed by atoms with Gasteiger partial charge in [-0.15, -0.1) is 0 Å². The van der Waals surface area contributed by atoms with Crippen molar-refractivity contribution >= 4 is 27.0 Å². The summed E-state index contributed by atoms with van der Waals surface area (Å²) in [4.78, 5) is 21.6. The number of aromatic nitrogens is 3. The van der Waals surface area contributed by atoms with Crippen molar-refractivity contribution in [2.24, 2.45) is 0 Å². The van der Waals surface area contributed by atoms with Crippen molar-refractivity contribution in [3.05, 3.63) is 28.2 Å². The number of piperidine rings is 1. The highest BCUT2D eigenvalue weighted by Crippen LogP contribution is 2.39. The summed E-state index contributed by atoms with van der Waals surface area (Å²) in [5.74, 6) is 0.0364. The van der Waals surface area contributed by atoms with Gasteiger partial charge in [-0.2, -0.15) is 4.98 Å². The summed E-state index contributed by atoms with van der Waals surface area (Å²) in [5.41, 5.74) is -4.97. The molecule has 1 saturated heterocycles. The minimum Gasteiger partial charge on any atom is -0.388 e. The number of rotatable bonds is 5. The first-order valence-electron chi connectivity index (χ1n) is 12.3. The summed E-state index contributed by atoms with van der Waals surface area (Å²) in [5, 5.41) is 14.1. The molecule has 2 aromatic rings. The zero-order chi connectivity index (χ0) is 26.7. The van der Waals surface area contributed by atoms with Crippen molar-refractivity contribution in [1.29, 1.82) is 0 Å². The van der Waals surface area contributed by atoms with E-state index in [-0.39, 0.29) is 55.4 Å². The molecule has 0 amide bonds. The number of nitrogens with zero attached hydrogens (tertiary/aromatic N) is 4. The molecule has 0 spiro atoms. The van der Waals surface area contributed by atoms with Crippen LogP contribution in [0.25, 0.3) is 11.0 Å². The molecule has 176 valence electrons. The molecule has 2 unspecified atom stereocenters. The van der Waals surface area contributed by atoms with Crippen molar-refractivity contribution in [2.75, 3.05) is 24.7 Å². The molecule has 1 aliphatic heterocycles. The van der Waals surface area contributed by atoms with Gasteiger partial charge >= 0.3 is 0 Å². The maximum Gasteiger partial charge on any atom is 0.269 e. The van der Waals surface area contributed by atoms with Crippen LogP contribution in [0.3, 0.4) is 0 Å². The number of aliphatic hydroxyl groups is 1. The van der Waals surface area contributed by atoms with Crippen LogP contribution in [0, 0.1) is 0 Å². The first-order chi connectivity index (χ1) is 16.5. The van der Waals surface area contributed by atoms with Gasteiger partial charge in [-0.05, 0) is 45.0 Å². The normalized spacial score (nSPS) is 28.2. The zero-order valence-electron chi connectivity index (χ0n) is 21.4. The Morgan fingerprint density at radius 2 is 2.09 bits per heavy atom. The van der Waals surface area contributed by atoms with E-state index in [1.165, 1.54) is 10.5 Å². The number of anilines is 1. The lowest BCUT2D eigenvalue weighted by Gasteiger charge is -2.31. The van der Waals surface area contributed by atoms with Crippen LogP contribution in [-0.2, 0) is 10.0 Å². The molecule has 12 heteroatoms. The van der Waals surface area contributed by atoms with Crippen LogP contribution in [0.5, 0.6) is 0 Å². The van der Waals surface area contributed by atoms with Crippen LogP contribution in [0.15, 0.2) is 17.1 Å². The average molecular weight is 476 g/mol. The zero-order valence-corrected chi connectivity index (χ0v) is 18.2. The van der Waals surface area contributed by atoms with Crippen LogP contribution < -0.4 is 10.9 Å². The lowest BCUT2D eigenvalue weighted by molar-refractivity contribution is 0.0261. The van der Waals surface area contributed by atoms with Gasteiger partial charge in [0.25, 0.3) is 12.0 Å². The van der Waals surface area contributed by atoms with E-state index in [1.807, 2.05) is 0 Å². The number of halogens is 2. The largest absolute Gasteiger partial charge is 0.388 e. The third-order valence-electron chi connectivity index (χ3n) is 6.13. The van der Waals surface area contributed by atoms with E-state index in [1.54, 1.807) is 0 Å². The van der Waals surface area contributed by atoms with Crippen molar-refractivity contribution in [1.82, 2.24) is 18.8 Å². The molecule has 1 aliphatic carbocycles. The van der Waals surface area contributed by atoms with E-state index in [0.29, 0.717) is 12.8 Å². The molecule has 32 heavy (non-hydrogen) atoms. The number of pyridine rings is 1. The van der Waals surface area contributed by atoms with Gasteiger partial charge in [-0.3, -0.25) is 9.36 Å². The molecule has 2 fully saturated rings. The van der Waals surface area contributed by atoms with Gasteiger partial charge in [-0.1, -0.05) is 0 Å². The molecular formula is C20H27F2N5O4S. The molecule has 0 radical (unpaired) electrons. The predicted molar refractivity (Wildman–Crippen MR) is 115 cm³/mol. The van der Waals surface area contributed by atoms with Crippen molar-refractivity contribution < 1.29 is 27.8 Å². The predicted octanol–water partition coefficient (Wildman–Crippen LogP) is 2.04. The third kappa shape index (κ3) is 4.35. The fourth-order valence-electron chi connectivity index (χ4n) is 4.44. The van der Waals surface area contributed by atoms with Gasteiger partial charge in [0, 0.05) is 34.8 Å². The Labute approximate surface area is 190 Å². The van der Waals surface area contributed by atoms with Crippen LogP contribution >= 0.6 is 0 Å². The lowest BCUT2D eigenvalue weighted by atomic mass is 9.99. The Balaban J connectivity index is 1.78. The third-order valence-corrected chi connectivity index (χ3v) is 7.43. The lowest BCUT2D eigenvalue weighted by Crippen LogP contribution is -2.42. The van der Waals surface area contributed by atoms with Crippen LogP contribution in [0.2, 0.25) is 0 Å². The summed E-state index contributed by atoms with van der Waals surface area (Å²) in [6, 6.07) is -0.773. The highest BCUT2D eigenvalue weighted by atomic mass is 32.2. The minimum absolute atomic E-state index is 0.0197. The van der Waals surface area contributed by atoms with Crippen molar-refractivity contribution in [3.8, 4) is 0 Å². The summed E-state index contributed by atoms with van der Waals surface area (Å²) in [6.45, 7) is -2.34. The Hall–Kier alpha value is -2.18. The fraction of sp³-hybridized carbons (Fsp3) is 0.650. The average Bonchev–Trinajstić information content (AvgIpc) is 3.15. The number of hydrogen-bond donors (Lipinski definition) is 2. The second-order valence-corrected chi connectivity index (χ2v) is 10.4. The summed E-state index contributed by atoms with van der Waals surface area (Å²) < 4.78 is 84.2. The molecule has 2 aliphatic rings. The number of nitrogens with one attached hydrogen (secondary N) is 1. The molecule has 9 nitrogen and oxygen atoms in total. The topological polar surface area (TPSA) is 117 Å². The van der Waals surface area contributed by atoms with Crippen LogP contribution in [-0.4, -0.2) is 63.4 Å². The van der Waals surface area contributed by atoms with Gasteiger partial charge in [0.1, 0.15) is 7.02 Å². The molecule has 4 rings (SSSR count). The van der Waals surface area contributed by atoms with Crippen LogP contribution in [0.4, 0.5) is 14.7 Å². The van der Waals surface area contributed by atoms with E-state index in [0.717, 1.165) is 16.9 Å². The fourth-order valence-corrected chi connectivity index (χ4v) is 5.32. The Kier molecular flexibility index (Phi) is 4.74. The van der Waals surface area contributed by atoms with E-state index in [9.17, 15) is 27.1 Å². The van der Waals surface area contributed by atoms with E-state index in [2.05, 4.69) is 15.3 Å². The maximum atomic E-state index is 14.0. The molecule has 1 saturated carbocycles. The molecule has 2 aromatic heterocycles. The summed E-state index contributed by atoms with van der Waals surface area (Å²) in [7, 11) is -3.32. The van der Waals surface area contributed by atoms with Crippen LogP contribution in [0.1, 0.15) is 62.4 Å². The molecule has 0 aromatic carbocycles. The first-order valence-corrected chi connectivity index (χ1v) is 12.1. The highest BCUT2D eigenvalue weighted by Gasteiger charge is 2.40. The monoisotopic (exact) mass is 475 g/mol. The maximum absolute atomic E-state index is 14.0. The number of alkyl halides is 2. The number of fused-ring (bicyclic) bond motifs is 1. The van der Waals surface area contributed by atoms with Crippen molar-refractivity contribution in [2.45, 2.75) is 63.0 Å². The summed E-state index contributed by atoms with van der Waals surface area (Å²) in [6.07, 6.45) is -0.945. The van der Waals surface area contributed by atoms with Gasteiger partial charge in [0.15, 0.2) is 0 Å². The summed E-state index contributed by atoms with van der Waals surface area (Å²) >= 11 is 0. The second-order valence-electron chi connectivity index (χ2n) is 8.38. The molecule has 2 N–H and O–H groups in total. The Bertz CT molecular complexity index is 1330. The molecule has 2 atom stereocenters. The first kappa shape index (κ1) is 18.3. The van der Waals surface area contributed by atoms with Gasteiger partial charge < -0.3 is 10.4 Å². The standard InChI is InChI=1S/C20H27F2N5O4S/c1-20(29)7-3-4-15(20)27-17-12(10-14(16(21)22)18(27)28)11-23-19(25-17)24-13-5-8-26(9-6-13)32(2,30)31/h10-11,13,15-16,29H,3-9H2,1-2H3,(H,23,24,25)/i1D3,16D. The Morgan fingerprint density at radius 1 is 1.38 bits per heavy atom. The number of sulfonamides is 1. The molecule has 3 heterocycles. The minimum atomic E-state index is -4.27. The molecule has 0 bridgehead atoms. The smallest absolute Gasteiger partial charge is 0.269 e. The second kappa shape index (κ2) is 8.31. The molecular weight excluding hydrogens is 444 g/mol. The van der Waals surface area contributed by atoms with Gasteiger partial charge in [0.2, 0.25) is 16.0 Å². The van der Waals surface area contributed by atoms with E-state index in [4.69, 9.17) is 5.48 Å². The Morgan fingerprint density at radius 3 is 2.72 bits per heavy atom. The quantitative estimate of drug-likeness (QED) is 0.680. The highest BCUT2D eigenvalue weighted by molar-refractivity contribution is 7.88. The number of hydrogen-bond acceptors (Lipinski definition) is 7.